The summed E-state index contributed by atoms with van der Waals surface area (Å²) >= 11 is 0. The fraction of sp³-hybridized carbons (Fsp3) is 0.333. The molecule has 0 radical (unpaired) electrons. The molecule has 1 N–H and O–H groups in total. The van der Waals surface area contributed by atoms with E-state index in [1.54, 1.807) is 42.5 Å². The Bertz CT molecular complexity index is 1090. The number of ether oxygens (including phenoxy) is 2. The molecular formula is C27H27F3O3. The molecule has 3 aromatic rings. The van der Waals surface area contributed by atoms with Crippen LogP contribution in [0.25, 0.3) is 11.1 Å². The van der Waals surface area contributed by atoms with Crippen LogP contribution in [0.4, 0.5) is 13.2 Å². The Balaban J connectivity index is 1.44. The molecule has 1 saturated carbocycles. The van der Waals surface area contributed by atoms with E-state index >= 15 is 0 Å². The summed E-state index contributed by atoms with van der Waals surface area (Å²) in [6.07, 6.45) is 3.18. The maximum Gasteiger partial charge on any atom is 0.168 e. The van der Waals surface area contributed by atoms with E-state index in [1.807, 2.05) is 0 Å². The lowest BCUT2D eigenvalue weighted by atomic mass is 9.78. The lowest BCUT2D eigenvalue weighted by Gasteiger charge is -2.28. The smallest absolute Gasteiger partial charge is 0.168 e. The van der Waals surface area contributed by atoms with Gasteiger partial charge in [-0.3, -0.25) is 0 Å². The van der Waals surface area contributed by atoms with Crippen molar-refractivity contribution in [2.45, 2.75) is 38.2 Å². The van der Waals surface area contributed by atoms with E-state index in [0.717, 1.165) is 31.2 Å². The molecule has 0 heterocycles. The molecule has 0 spiro atoms. The standard InChI is InChI=1S/C27H27F3O3/c1-32-25-13-10-21(14-24(25)28)33-16-18-4-8-20(9-5-18)23-12-11-22(26(29)27(23)30)19-6-2-17(15-31)3-7-19/h4-5,8-14,17,19,31H,2-3,6-7,15-16H2,1H3. The molecule has 4 rings (SSSR count). The molecule has 0 saturated heterocycles. The molecule has 1 aliphatic rings. The molecule has 0 amide bonds. The monoisotopic (exact) mass is 456 g/mol. The van der Waals surface area contributed by atoms with Gasteiger partial charge in [0.05, 0.1) is 7.11 Å². The molecule has 174 valence electrons. The van der Waals surface area contributed by atoms with Gasteiger partial charge in [0.1, 0.15) is 12.4 Å². The second kappa shape index (κ2) is 10.3. The average molecular weight is 457 g/mol. The van der Waals surface area contributed by atoms with Crippen molar-refractivity contribution in [1.82, 2.24) is 0 Å². The van der Waals surface area contributed by atoms with Crippen molar-refractivity contribution in [2.24, 2.45) is 5.92 Å². The largest absolute Gasteiger partial charge is 0.494 e. The summed E-state index contributed by atoms with van der Waals surface area (Å²) in [7, 11) is 1.39. The first kappa shape index (κ1) is 23.2. The van der Waals surface area contributed by atoms with E-state index in [9.17, 15) is 18.3 Å². The molecule has 0 bridgehead atoms. The van der Waals surface area contributed by atoms with E-state index in [-0.39, 0.29) is 36.4 Å². The summed E-state index contributed by atoms with van der Waals surface area (Å²) in [5.74, 6) is -1.37. The molecule has 0 unspecified atom stereocenters. The molecule has 1 aliphatic carbocycles. The summed E-state index contributed by atoms with van der Waals surface area (Å²) in [6.45, 7) is 0.360. The molecule has 3 nitrogen and oxygen atoms in total. The van der Waals surface area contributed by atoms with Crippen LogP contribution >= 0.6 is 0 Å². The van der Waals surface area contributed by atoms with Crippen LogP contribution in [0.15, 0.2) is 54.6 Å². The van der Waals surface area contributed by atoms with Gasteiger partial charge < -0.3 is 14.6 Å². The van der Waals surface area contributed by atoms with Crippen LogP contribution in [-0.2, 0) is 6.61 Å². The Morgan fingerprint density at radius 3 is 2.24 bits per heavy atom. The number of hydrogen-bond acceptors (Lipinski definition) is 3. The third-order valence-electron chi connectivity index (χ3n) is 6.45. The predicted molar refractivity (Wildman–Crippen MR) is 121 cm³/mol. The zero-order valence-corrected chi connectivity index (χ0v) is 18.5. The molecule has 0 aliphatic heterocycles. The second-order valence-corrected chi connectivity index (χ2v) is 8.51. The SMILES string of the molecule is COc1ccc(OCc2ccc(-c3ccc(C4CCC(CO)CC4)c(F)c3F)cc2)cc1F. The van der Waals surface area contributed by atoms with Gasteiger partial charge in [0.25, 0.3) is 0 Å². The van der Waals surface area contributed by atoms with E-state index in [1.165, 1.54) is 19.2 Å². The molecular weight excluding hydrogens is 429 g/mol. The lowest BCUT2D eigenvalue weighted by Crippen LogP contribution is -2.17. The highest BCUT2D eigenvalue weighted by atomic mass is 19.2. The van der Waals surface area contributed by atoms with E-state index in [0.29, 0.717) is 16.9 Å². The highest BCUT2D eigenvalue weighted by Crippen LogP contribution is 2.38. The maximum atomic E-state index is 14.9. The summed E-state index contributed by atoms with van der Waals surface area (Å²) in [4.78, 5) is 0. The van der Waals surface area contributed by atoms with Crippen molar-refractivity contribution < 1.29 is 27.8 Å². The Labute approximate surface area is 191 Å². The topological polar surface area (TPSA) is 38.7 Å². The first-order valence-corrected chi connectivity index (χ1v) is 11.1. The minimum atomic E-state index is -0.838. The van der Waals surface area contributed by atoms with Gasteiger partial charge in [-0.2, -0.15) is 0 Å². The minimum absolute atomic E-state index is 0.0151. The number of aliphatic hydroxyl groups excluding tert-OH is 1. The molecule has 0 atom stereocenters. The van der Waals surface area contributed by atoms with E-state index in [2.05, 4.69) is 0 Å². The number of methoxy groups -OCH3 is 1. The zero-order valence-electron chi connectivity index (χ0n) is 18.5. The summed E-state index contributed by atoms with van der Waals surface area (Å²) in [5, 5.41) is 9.29. The lowest BCUT2D eigenvalue weighted by molar-refractivity contribution is 0.181. The number of benzene rings is 3. The Morgan fingerprint density at radius 2 is 1.61 bits per heavy atom. The quantitative estimate of drug-likeness (QED) is 0.434. The van der Waals surface area contributed by atoms with Crippen LogP contribution in [0.2, 0.25) is 0 Å². The highest BCUT2D eigenvalue weighted by molar-refractivity contribution is 5.65. The van der Waals surface area contributed by atoms with Gasteiger partial charge in [-0.25, -0.2) is 13.2 Å². The summed E-state index contributed by atoms with van der Waals surface area (Å²) in [5.41, 5.74) is 2.02. The van der Waals surface area contributed by atoms with Crippen molar-refractivity contribution >= 4 is 0 Å². The third kappa shape index (κ3) is 5.17. The van der Waals surface area contributed by atoms with Crippen molar-refractivity contribution in [3.63, 3.8) is 0 Å². The summed E-state index contributed by atoms with van der Waals surface area (Å²) < 4.78 is 54.1. The summed E-state index contributed by atoms with van der Waals surface area (Å²) in [6, 6.07) is 14.7. The Morgan fingerprint density at radius 1 is 0.879 bits per heavy atom. The molecule has 3 aromatic carbocycles. The van der Waals surface area contributed by atoms with Crippen molar-refractivity contribution in [1.29, 1.82) is 0 Å². The van der Waals surface area contributed by atoms with Crippen molar-refractivity contribution in [3.05, 3.63) is 83.2 Å². The fourth-order valence-corrected chi connectivity index (χ4v) is 4.44. The number of hydrogen-bond donors (Lipinski definition) is 1. The Kier molecular flexibility index (Phi) is 7.23. The maximum absolute atomic E-state index is 14.9. The van der Waals surface area contributed by atoms with Gasteiger partial charge >= 0.3 is 0 Å². The van der Waals surface area contributed by atoms with Gasteiger partial charge in [0.15, 0.2) is 23.2 Å². The van der Waals surface area contributed by atoms with Crippen LogP contribution in [0.1, 0.15) is 42.7 Å². The predicted octanol–water partition coefficient (Wildman–Crippen LogP) is 6.62. The number of aliphatic hydroxyl groups is 1. The normalized spacial score (nSPS) is 18.2. The van der Waals surface area contributed by atoms with Gasteiger partial charge in [-0.1, -0.05) is 36.4 Å². The number of halogens is 3. The number of rotatable bonds is 7. The molecule has 33 heavy (non-hydrogen) atoms. The van der Waals surface area contributed by atoms with Gasteiger partial charge in [-0.05, 0) is 66.3 Å². The van der Waals surface area contributed by atoms with Gasteiger partial charge in [0, 0.05) is 18.2 Å². The van der Waals surface area contributed by atoms with Crippen LogP contribution in [0.5, 0.6) is 11.5 Å². The minimum Gasteiger partial charge on any atom is -0.494 e. The fourth-order valence-electron chi connectivity index (χ4n) is 4.44. The van der Waals surface area contributed by atoms with Crippen LogP contribution in [0, 0.1) is 23.4 Å². The second-order valence-electron chi connectivity index (χ2n) is 8.51. The van der Waals surface area contributed by atoms with Crippen LogP contribution in [-0.4, -0.2) is 18.8 Å². The van der Waals surface area contributed by atoms with Crippen molar-refractivity contribution in [3.8, 4) is 22.6 Å². The highest BCUT2D eigenvalue weighted by Gasteiger charge is 2.26. The van der Waals surface area contributed by atoms with Crippen LogP contribution in [0.3, 0.4) is 0 Å². The van der Waals surface area contributed by atoms with Crippen LogP contribution < -0.4 is 9.47 Å². The molecule has 6 heteroatoms. The van der Waals surface area contributed by atoms with E-state index in [4.69, 9.17) is 9.47 Å². The molecule has 0 aromatic heterocycles. The van der Waals surface area contributed by atoms with E-state index < -0.39 is 17.5 Å². The van der Waals surface area contributed by atoms with Gasteiger partial charge in [-0.15, -0.1) is 0 Å². The first-order chi connectivity index (χ1) is 16.0. The average Bonchev–Trinajstić information content (AvgIpc) is 2.85. The zero-order chi connectivity index (χ0) is 23.4. The van der Waals surface area contributed by atoms with Gasteiger partial charge in [0.2, 0.25) is 0 Å². The first-order valence-electron chi connectivity index (χ1n) is 11.1. The third-order valence-corrected chi connectivity index (χ3v) is 6.45. The Hall–Kier alpha value is -2.99. The van der Waals surface area contributed by atoms with Crippen molar-refractivity contribution in [2.75, 3.05) is 13.7 Å². The molecule has 1 fully saturated rings.